The first-order valence-electron chi connectivity index (χ1n) is 11.1. The Hall–Kier alpha value is -2.67. The number of aryl methyl sites for hydroxylation is 1. The van der Waals surface area contributed by atoms with Gasteiger partial charge in [0.15, 0.2) is 11.6 Å². The monoisotopic (exact) mass is 408 g/mol. The van der Waals surface area contributed by atoms with Crippen LogP contribution < -0.4 is 9.80 Å². The zero-order valence-corrected chi connectivity index (χ0v) is 17.9. The second-order valence-electron chi connectivity index (χ2n) is 8.02. The number of benzene rings is 1. The Morgan fingerprint density at radius 1 is 0.800 bits per heavy atom. The number of nitrogens with zero attached hydrogens (tertiary/aromatic N) is 6. The van der Waals surface area contributed by atoms with Crippen LogP contribution in [0.15, 0.2) is 42.5 Å². The van der Waals surface area contributed by atoms with Crippen molar-refractivity contribution in [2.45, 2.75) is 19.8 Å². The normalized spacial score (nSPS) is 18.0. The van der Waals surface area contributed by atoms with Gasteiger partial charge in [-0.15, -0.1) is 10.2 Å². The van der Waals surface area contributed by atoms with Crippen LogP contribution in [-0.4, -0.2) is 84.8 Å². The van der Waals surface area contributed by atoms with Crippen LogP contribution in [0.1, 0.15) is 18.9 Å². The van der Waals surface area contributed by atoms with Gasteiger partial charge in [0, 0.05) is 58.8 Å². The van der Waals surface area contributed by atoms with Crippen molar-refractivity contribution >= 4 is 17.5 Å². The number of carbonyl (C=O) groups is 1. The maximum absolute atomic E-state index is 12.5. The van der Waals surface area contributed by atoms with Crippen LogP contribution in [-0.2, 0) is 11.2 Å². The van der Waals surface area contributed by atoms with Gasteiger partial charge in [0.2, 0.25) is 5.91 Å². The number of carbonyl (C=O) groups excluding carboxylic acids is 1. The lowest BCUT2D eigenvalue weighted by molar-refractivity contribution is -0.131. The van der Waals surface area contributed by atoms with E-state index in [2.05, 4.69) is 56.1 Å². The number of piperazine rings is 2. The SMILES string of the molecule is CCN1CCN(c2ccc(N3CCN(C(=O)CCc4ccccc4)CC3)nn2)CC1. The van der Waals surface area contributed by atoms with E-state index in [0.29, 0.717) is 6.42 Å². The summed E-state index contributed by atoms with van der Waals surface area (Å²) in [5, 5.41) is 8.96. The molecule has 0 radical (unpaired) electrons. The van der Waals surface area contributed by atoms with Gasteiger partial charge in [0.25, 0.3) is 0 Å². The minimum Gasteiger partial charge on any atom is -0.353 e. The van der Waals surface area contributed by atoms with Crippen LogP contribution in [0, 0.1) is 0 Å². The third-order valence-corrected chi connectivity index (χ3v) is 6.21. The molecule has 7 heteroatoms. The highest BCUT2D eigenvalue weighted by Crippen LogP contribution is 2.18. The first-order valence-corrected chi connectivity index (χ1v) is 11.1. The molecule has 0 saturated carbocycles. The molecule has 0 aliphatic carbocycles. The molecule has 0 bridgehead atoms. The van der Waals surface area contributed by atoms with E-state index < -0.39 is 0 Å². The largest absolute Gasteiger partial charge is 0.353 e. The third kappa shape index (κ3) is 5.08. The number of anilines is 2. The molecule has 0 atom stereocenters. The fraction of sp³-hybridized carbons (Fsp3) is 0.522. The van der Waals surface area contributed by atoms with Crippen LogP contribution in [0.4, 0.5) is 11.6 Å². The molecule has 1 amide bonds. The molecule has 2 aliphatic rings. The number of hydrogen-bond acceptors (Lipinski definition) is 6. The van der Waals surface area contributed by atoms with Gasteiger partial charge < -0.3 is 19.6 Å². The minimum absolute atomic E-state index is 0.242. The van der Waals surface area contributed by atoms with Gasteiger partial charge in [-0.1, -0.05) is 37.3 Å². The van der Waals surface area contributed by atoms with Crippen LogP contribution in [0.5, 0.6) is 0 Å². The topological polar surface area (TPSA) is 55.8 Å². The molecule has 7 nitrogen and oxygen atoms in total. The predicted octanol–water partition coefficient (Wildman–Crippen LogP) is 1.90. The van der Waals surface area contributed by atoms with Gasteiger partial charge in [0.05, 0.1) is 0 Å². The fourth-order valence-electron chi connectivity index (χ4n) is 4.19. The van der Waals surface area contributed by atoms with Crippen LogP contribution in [0.2, 0.25) is 0 Å². The molecule has 2 fully saturated rings. The van der Waals surface area contributed by atoms with E-state index in [1.54, 1.807) is 0 Å². The molecule has 2 saturated heterocycles. The Bertz CT molecular complexity index is 796. The van der Waals surface area contributed by atoms with Crippen LogP contribution in [0.25, 0.3) is 0 Å². The highest BCUT2D eigenvalue weighted by Gasteiger charge is 2.22. The molecule has 1 aromatic carbocycles. The Balaban J connectivity index is 1.24. The lowest BCUT2D eigenvalue weighted by atomic mass is 10.1. The van der Waals surface area contributed by atoms with Gasteiger partial charge >= 0.3 is 0 Å². The summed E-state index contributed by atoms with van der Waals surface area (Å²) >= 11 is 0. The zero-order valence-electron chi connectivity index (χ0n) is 17.9. The average molecular weight is 409 g/mol. The second kappa shape index (κ2) is 9.89. The molecule has 0 N–H and O–H groups in total. The Kier molecular flexibility index (Phi) is 6.79. The summed E-state index contributed by atoms with van der Waals surface area (Å²) in [5.74, 6) is 2.11. The molecule has 0 spiro atoms. The number of hydrogen-bond donors (Lipinski definition) is 0. The number of aromatic nitrogens is 2. The molecule has 1 aromatic heterocycles. The summed E-state index contributed by atoms with van der Waals surface area (Å²) in [7, 11) is 0. The molecule has 2 aromatic rings. The fourth-order valence-corrected chi connectivity index (χ4v) is 4.19. The smallest absolute Gasteiger partial charge is 0.223 e. The van der Waals surface area contributed by atoms with Gasteiger partial charge in [-0.3, -0.25) is 4.79 Å². The van der Waals surface area contributed by atoms with Crippen molar-refractivity contribution in [1.82, 2.24) is 20.0 Å². The third-order valence-electron chi connectivity index (χ3n) is 6.21. The quantitative estimate of drug-likeness (QED) is 0.728. The van der Waals surface area contributed by atoms with Crippen molar-refractivity contribution in [2.24, 2.45) is 0 Å². The van der Waals surface area contributed by atoms with E-state index in [9.17, 15) is 4.79 Å². The summed E-state index contributed by atoms with van der Waals surface area (Å²) in [5.41, 5.74) is 1.22. The summed E-state index contributed by atoms with van der Waals surface area (Å²) in [6, 6.07) is 14.4. The summed E-state index contributed by atoms with van der Waals surface area (Å²) < 4.78 is 0. The molecular weight excluding hydrogens is 376 g/mol. The highest BCUT2D eigenvalue weighted by atomic mass is 16.2. The van der Waals surface area contributed by atoms with Gasteiger partial charge in [-0.25, -0.2) is 0 Å². The highest BCUT2D eigenvalue weighted by molar-refractivity contribution is 5.76. The average Bonchev–Trinajstić information content (AvgIpc) is 2.83. The van der Waals surface area contributed by atoms with E-state index in [0.717, 1.165) is 77.0 Å². The van der Waals surface area contributed by atoms with Gasteiger partial charge in [0.1, 0.15) is 0 Å². The van der Waals surface area contributed by atoms with E-state index in [1.165, 1.54) is 5.56 Å². The molecule has 0 unspecified atom stereocenters. The number of likely N-dealkylation sites (N-methyl/N-ethyl adjacent to an activating group) is 1. The molecule has 30 heavy (non-hydrogen) atoms. The Morgan fingerprint density at radius 3 is 1.90 bits per heavy atom. The maximum Gasteiger partial charge on any atom is 0.223 e. The predicted molar refractivity (Wildman–Crippen MR) is 120 cm³/mol. The first kappa shape index (κ1) is 20.6. The Labute approximate surface area is 179 Å². The molecular formula is C23H32N6O. The van der Waals surface area contributed by atoms with Crippen molar-refractivity contribution in [1.29, 1.82) is 0 Å². The van der Waals surface area contributed by atoms with Crippen LogP contribution in [0.3, 0.4) is 0 Å². The minimum atomic E-state index is 0.242. The van der Waals surface area contributed by atoms with E-state index >= 15 is 0 Å². The maximum atomic E-state index is 12.5. The summed E-state index contributed by atoms with van der Waals surface area (Å²) in [6.45, 7) is 10.6. The van der Waals surface area contributed by atoms with E-state index in [-0.39, 0.29) is 5.91 Å². The number of amides is 1. The van der Waals surface area contributed by atoms with Crippen molar-refractivity contribution in [2.75, 3.05) is 68.7 Å². The standard InChI is InChI=1S/C23H32N6O/c1-2-26-12-14-27(15-13-26)21-9-10-22(25-24-21)28-16-18-29(19-17-28)23(30)11-8-20-6-4-3-5-7-20/h3-7,9-10H,2,8,11-19H2,1H3. The molecule has 4 rings (SSSR count). The van der Waals surface area contributed by atoms with Crippen molar-refractivity contribution in [3.05, 3.63) is 48.0 Å². The molecule has 3 heterocycles. The van der Waals surface area contributed by atoms with Crippen LogP contribution >= 0.6 is 0 Å². The van der Waals surface area contributed by atoms with Crippen molar-refractivity contribution in [3.8, 4) is 0 Å². The zero-order chi connectivity index (χ0) is 20.8. The molecule has 2 aliphatic heterocycles. The lowest BCUT2D eigenvalue weighted by Gasteiger charge is -2.36. The lowest BCUT2D eigenvalue weighted by Crippen LogP contribution is -2.49. The number of rotatable bonds is 6. The van der Waals surface area contributed by atoms with Crippen molar-refractivity contribution < 1.29 is 4.79 Å². The van der Waals surface area contributed by atoms with E-state index in [4.69, 9.17) is 0 Å². The first-order chi connectivity index (χ1) is 14.7. The van der Waals surface area contributed by atoms with Gasteiger partial charge in [-0.05, 0) is 30.7 Å². The summed E-state index contributed by atoms with van der Waals surface area (Å²) in [4.78, 5) is 21.5. The van der Waals surface area contributed by atoms with Crippen molar-refractivity contribution in [3.63, 3.8) is 0 Å². The summed E-state index contributed by atoms with van der Waals surface area (Å²) in [6.07, 6.45) is 1.38. The Morgan fingerprint density at radius 2 is 1.37 bits per heavy atom. The van der Waals surface area contributed by atoms with Gasteiger partial charge in [-0.2, -0.15) is 0 Å². The second-order valence-corrected chi connectivity index (χ2v) is 8.02. The van der Waals surface area contributed by atoms with E-state index in [1.807, 2.05) is 23.1 Å². The molecule has 160 valence electrons.